The average Bonchev–Trinajstić information content (AvgIpc) is 2.88. The van der Waals surface area contributed by atoms with Crippen molar-refractivity contribution < 1.29 is 18.1 Å². The van der Waals surface area contributed by atoms with E-state index in [4.69, 9.17) is 17.3 Å². The molecular formula is C25H19ClN8O4S. The maximum absolute atomic E-state index is 11.6. The van der Waals surface area contributed by atoms with E-state index < -0.39 is 15.0 Å². The summed E-state index contributed by atoms with van der Waals surface area (Å²) in [5.74, 6) is 0.137. The third-order valence-corrected chi connectivity index (χ3v) is 6.42. The van der Waals surface area contributed by atoms with Gasteiger partial charge in [0.1, 0.15) is 11.4 Å². The first-order valence-corrected chi connectivity index (χ1v) is 13.0. The Morgan fingerprint density at radius 3 is 2.08 bits per heavy atom. The Kier molecular flexibility index (Phi) is 6.94. The zero-order chi connectivity index (χ0) is 27.6. The van der Waals surface area contributed by atoms with E-state index in [1.54, 1.807) is 24.3 Å². The number of nitrogen functional groups attached to an aromatic ring is 1. The molecule has 1 aromatic heterocycles. The minimum Gasteiger partial charge on any atom is -0.507 e. The molecule has 4 aromatic carbocycles. The van der Waals surface area contributed by atoms with Crippen molar-refractivity contribution in [2.75, 3.05) is 16.4 Å². The highest BCUT2D eigenvalue weighted by molar-refractivity contribution is 7.85. The summed E-state index contributed by atoms with van der Waals surface area (Å²) in [5, 5.41) is 25.2. The van der Waals surface area contributed by atoms with E-state index >= 15 is 0 Å². The number of anilines is 5. The summed E-state index contributed by atoms with van der Waals surface area (Å²) >= 11 is 6.06. The zero-order valence-electron chi connectivity index (χ0n) is 19.8. The van der Waals surface area contributed by atoms with Crippen LogP contribution in [0.3, 0.4) is 0 Å². The Morgan fingerprint density at radius 2 is 1.44 bits per heavy atom. The fourth-order valence-corrected chi connectivity index (χ4v) is 4.30. The largest absolute Gasteiger partial charge is 0.507 e. The third kappa shape index (κ3) is 6.01. The van der Waals surface area contributed by atoms with Crippen LogP contribution in [0.2, 0.25) is 5.28 Å². The van der Waals surface area contributed by atoms with Gasteiger partial charge in [-0.15, -0.1) is 5.11 Å². The molecule has 0 atom stereocenters. The molecule has 0 aliphatic carbocycles. The fraction of sp³-hybridized carbons (Fsp3) is 0. The fourth-order valence-electron chi connectivity index (χ4n) is 3.61. The number of fused-ring (bicyclic) bond motifs is 1. The van der Waals surface area contributed by atoms with Crippen molar-refractivity contribution in [1.82, 2.24) is 15.0 Å². The molecule has 0 amide bonds. The second-order valence-electron chi connectivity index (χ2n) is 8.13. The molecule has 196 valence electrons. The first-order valence-electron chi connectivity index (χ1n) is 11.2. The van der Waals surface area contributed by atoms with Gasteiger partial charge in [-0.3, -0.25) is 4.55 Å². The van der Waals surface area contributed by atoms with Crippen LogP contribution in [-0.2, 0) is 10.1 Å². The van der Waals surface area contributed by atoms with Crippen LogP contribution in [0.15, 0.2) is 94.0 Å². The van der Waals surface area contributed by atoms with Crippen LogP contribution in [0, 0.1) is 0 Å². The molecule has 0 radical (unpaired) electrons. The normalized spacial score (nSPS) is 11.6. The number of benzene rings is 4. The summed E-state index contributed by atoms with van der Waals surface area (Å²) in [7, 11) is -4.57. The second kappa shape index (κ2) is 10.5. The number of nitrogens with one attached hydrogen (secondary N) is 2. The highest BCUT2D eigenvalue weighted by atomic mass is 35.5. The molecule has 6 N–H and O–H groups in total. The molecule has 14 heteroatoms. The Labute approximate surface area is 227 Å². The van der Waals surface area contributed by atoms with Gasteiger partial charge in [0.25, 0.3) is 10.1 Å². The van der Waals surface area contributed by atoms with Gasteiger partial charge < -0.3 is 21.5 Å². The van der Waals surface area contributed by atoms with Gasteiger partial charge in [0, 0.05) is 28.2 Å². The topological polar surface area (TPSA) is 188 Å². The van der Waals surface area contributed by atoms with Gasteiger partial charge in [0.2, 0.25) is 17.2 Å². The predicted molar refractivity (Wildman–Crippen MR) is 148 cm³/mol. The molecule has 0 saturated heterocycles. The van der Waals surface area contributed by atoms with Crippen molar-refractivity contribution in [2.24, 2.45) is 10.2 Å². The summed E-state index contributed by atoms with van der Waals surface area (Å²) < 4.78 is 32.6. The highest BCUT2D eigenvalue weighted by Gasteiger charge is 2.16. The molecule has 5 rings (SSSR count). The number of halogens is 1. The number of phenolic OH excluding ortho intramolecular Hbond substituents is 1. The minimum absolute atomic E-state index is 0.00669. The van der Waals surface area contributed by atoms with Gasteiger partial charge in [-0.25, -0.2) is 0 Å². The SMILES string of the molecule is Nc1ccc2c(O)cc(S(=O)(=O)O)cc2c1N=Nc1ccc(Nc2nc(Cl)nc(Nc3ccccc3)n2)cc1. The highest BCUT2D eigenvalue weighted by Crippen LogP contribution is 2.39. The summed E-state index contributed by atoms with van der Waals surface area (Å²) in [6.45, 7) is 0. The Morgan fingerprint density at radius 1 is 0.795 bits per heavy atom. The first-order chi connectivity index (χ1) is 18.7. The molecule has 0 aliphatic heterocycles. The van der Waals surface area contributed by atoms with Gasteiger partial charge in [-0.05, 0) is 66.2 Å². The van der Waals surface area contributed by atoms with E-state index in [2.05, 4.69) is 35.8 Å². The molecule has 0 fully saturated rings. The lowest BCUT2D eigenvalue weighted by Gasteiger charge is -2.09. The number of aromatic hydroxyl groups is 1. The molecule has 5 aromatic rings. The summed E-state index contributed by atoms with van der Waals surface area (Å²) in [6, 6.07) is 21.3. The minimum atomic E-state index is -4.57. The van der Waals surface area contributed by atoms with Crippen LogP contribution in [0.25, 0.3) is 10.8 Å². The Bertz CT molecular complexity index is 1820. The molecule has 0 spiro atoms. The molecule has 39 heavy (non-hydrogen) atoms. The molecule has 0 unspecified atom stereocenters. The number of aromatic nitrogens is 3. The third-order valence-electron chi connectivity index (χ3n) is 5.41. The van der Waals surface area contributed by atoms with Crippen molar-refractivity contribution >= 4 is 72.8 Å². The first kappa shape index (κ1) is 25.8. The molecular weight excluding hydrogens is 544 g/mol. The van der Waals surface area contributed by atoms with Crippen molar-refractivity contribution in [1.29, 1.82) is 0 Å². The number of para-hydroxylation sites is 1. The number of azo groups is 1. The molecule has 0 aliphatic rings. The van der Waals surface area contributed by atoms with Crippen molar-refractivity contribution in [3.05, 3.63) is 84.1 Å². The molecule has 1 heterocycles. The number of phenols is 1. The lowest BCUT2D eigenvalue weighted by molar-refractivity contribution is 0.471. The quantitative estimate of drug-likeness (QED) is 0.0878. The molecule has 0 bridgehead atoms. The van der Waals surface area contributed by atoms with E-state index in [1.807, 2.05) is 30.3 Å². The monoisotopic (exact) mass is 562 g/mol. The summed E-state index contributed by atoms with van der Waals surface area (Å²) in [4.78, 5) is 12.0. The summed E-state index contributed by atoms with van der Waals surface area (Å²) in [5.41, 5.74) is 8.25. The molecule has 12 nitrogen and oxygen atoms in total. The van der Waals surface area contributed by atoms with Crippen molar-refractivity contribution in [3.63, 3.8) is 0 Å². The van der Waals surface area contributed by atoms with Crippen LogP contribution in [0.4, 0.5) is 40.3 Å². The van der Waals surface area contributed by atoms with Crippen LogP contribution in [0.5, 0.6) is 5.75 Å². The lowest BCUT2D eigenvalue weighted by atomic mass is 10.1. The van der Waals surface area contributed by atoms with Gasteiger partial charge >= 0.3 is 0 Å². The number of rotatable bonds is 7. The van der Waals surface area contributed by atoms with Gasteiger partial charge in [0.05, 0.1) is 16.3 Å². The summed E-state index contributed by atoms with van der Waals surface area (Å²) in [6.07, 6.45) is 0. The Hall–Kier alpha value is -4.85. The number of hydrogen-bond donors (Lipinski definition) is 5. The predicted octanol–water partition coefficient (Wildman–Crippen LogP) is 6.12. The van der Waals surface area contributed by atoms with Crippen LogP contribution >= 0.6 is 11.6 Å². The van der Waals surface area contributed by atoms with Crippen LogP contribution in [0.1, 0.15) is 0 Å². The van der Waals surface area contributed by atoms with E-state index in [0.717, 1.165) is 11.8 Å². The maximum atomic E-state index is 11.6. The van der Waals surface area contributed by atoms with Crippen molar-refractivity contribution in [3.8, 4) is 5.75 Å². The number of hydrogen-bond acceptors (Lipinski definition) is 11. The van der Waals surface area contributed by atoms with Crippen LogP contribution in [-0.4, -0.2) is 33.0 Å². The number of nitrogens with two attached hydrogens (primary N) is 1. The maximum Gasteiger partial charge on any atom is 0.294 e. The van der Waals surface area contributed by atoms with Crippen LogP contribution < -0.4 is 16.4 Å². The Balaban J connectivity index is 1.38. The van der Waals surface area contributed by atoms with Gasteiger partial charge in [0.15, 0.2) is 0 Å². The van der Waals surface area contributed by atoms with E-state index in [0.29, 0.717) is 16.8 Å². The van der Waals surface area contributed by atoms with Gasteiger partial charge in [-0.1, -0.05) is 18.2 Å². The number of nitrogens with zero attached hydrogens (tertiary/aromatic N) is 5. The second-order valence-corrected chi connectivity index (χ2v) is 9.89. The van der Waals surface area contributed by atoms with Gasteiger partial charge in [-0.2, -0.15) is 28.5 Å². The van der Waals surface area contributed by atoms with Crippen molar-refractivity contribution in [2.45, 2.75) is 4.90 Å². The zero-order valence-corrected chi connectivity index (χ0v) is 21.4. The lowest BCUT2D eigenvalue weighted by Crippen LogP contribution is -2.03. The van der Waals surface area contributed by atoms with E-state index in [9.17, 15) is 18.1 Å². The molecule has 0 saturated carbocycles. The van der Waals surface area contributed by atoms with E-state index in [1.165, 1.54) is 18.2 Å². The van der Waals surface area contributed by atoms with E-state index in [-0.39, 0.29) is 39.7 Å². The average molecular weight is 563 g/mol. The standard InChI is InChI=1S/C25H19ClN8O4S/c26-23-30-24(28-14-4-2-1-3-5-14)32-25(31-23)29-15-6-8-16(9-7-15)33-34-22-19-12-17(39(36,37)38)13-21(35)18(19)10-11-20(22)27/h1-13,35H,27H2,(H,36,37,38)(H2,28,29,30,31,32). The smallest absolute Gasteiger partial charge is 0.294 e.